The molecule has 5 rings (SSSR count). The second kappa shape index (κ2) is 9.80. The normalized spacial score (nSPS) is 13.8. The number of nitrogens with zero attached hydrogens (tertiary/aromatic N) is 7. The Balaban J connectivity index is 1.35. The number of amides is 1. The number of piperazine rings is 1. The lowest BCUT2D eigenvalue weighted by Crippen LogP contribution is -2.50. The predicted octanol–water partition coefficient (Wildman–Crippen LogP) is 3.65. The van der Waals surface area contributed by atoms with E-state index in [4.69, 9.17) is 0 Å². The van der Waals surface area contributed by atoms with Crippen molar-refractivity contribution in [3.05, 3.63) is 77.6 Å². The highest BCUT2D eigenvalue weighted by atomic mass is 19.1. The summed E-state index contributed by atoms with van der Waals surface area (Å²) in [7, 11) is 0. The van der Waals surface area contributed by atoms with Gasteiger partial charge in [0.15, 0.2) is 11.6 Å². The first-order valence-corrected chi connectivity index (χ1v) is 11.7. The second-order valence-electron chi connectivity index (χ2n) is 8.75. The average Bonchev–Trinajstić information content (AvgIpc) is 3.28. The summed E-state index contributed by atoms with van der Waals surface area (Å²) in [6.07, 6.45) is 0. The summed E-state index contributed by atoms with van der Waals surface area (Å²) in [6, 6.07) is 13.6. The van der Waals surface area contributed by atoms with Crippen LogP contribution in [0.2, 0.25) is 0 Å². The van der Waals surface area contributed by atoms with Gasteiger partial charge >= 0.3 is 0 Å². The van der Waals surface area contributed by atoms with Crippen molar-refractivity contribution in [2.75, 3.05) is 31.1 Å². The van der Waals surface area contributed by atoms with Gasteiger partial charge in [0, 0.05) is 48.7 Å². The van der Waals surface area contributed by atoms with Crippen LogP contribution in [-0.2, 0) is 11.3 Å². The van der Waals surface area contributed by atoms with E-state index in [0.29, 0.717) is 54.9 Å². The minimum absolute atomic E-state index is 0.0268. The fourth-order valence-corrected chi connectivity index (χ4v) is 4.22. The van der Waals surface area contributed by atoms with Crippen LogP contribution in [0.15, 0.2) is 54.6 Å². The molecule has 10 heteroatoms. The molecule has 0 N–H and O–H groups in total. The summed E-state index contributed by atoms with van der Waals surface area (Å²) in [6.45, 7) is 6.15. The first-order chi connectivity index (χ1) is 17.4. The molecule has 0 atom stereocenters. The van der Waals surface area contributed by atoms with E-state index >= 15 is 0 Å². The van der Waals surface area contributed by atoms with Gasteiger partial charge in [0.1, 0.15) is 18.2 Å². The molecule has 36 heavy (non-hydrogen) atoms. The van der Waals surface area contributed by atoms with Crippen molar-refractivity contribution < 1.29 is 13.6 Å². The quantitative estimate of drug-likeness (QED) is 0.426. The van der Waals surface area contributed by atoms with Crippen LogP contribution < -0.4 is 4.90 Å². The lowest BCUT2D eigenvalue weighted by Gasteiger charge is -2.35. The molecular formula is C26H25F2N7O. The van der Waals surface area contributed by atoms with Crippen LogP contribution in [0.4, 0.5) is 14.7 Å². The summed E-state index contributed by atoms with van der Waals surface area (Å²) < 4.78 is 28.4. The molecular weight excluding hydrogens is 464 g/mol. The monoisotopic (exact) mass is 489 g/mol. The number of carbonyl (C=O) groups is 1. The van der Waals surface area contributed by atoms with E-state index in [1.54, 1.807) is 29.2 Å². The number of halogens is 2. The molecule has 2 aromatic carbocycles. The van der Waals surface area contributed by atoms with Gasteiger partial charge in [-0.2, -0.15) is 0 Å². The van der Waals surface area contributed by atoms with Crippen LogP contribution in [0, 0.1) is 25.5 Å². The number of hydrogen-bond donors (Lipinski definition) is 0. The molecule has 0 spiro atoms. The van der Waals surface area contributed by atoms with Gasteiger partial charge in [-0.05, 0) is 68.4 Å². The van der Waals surface area contributed by atoms with Gasteiger partial charge in [-0.25, -0.2) is 28.4 Å². The minimum Gasteiger partial charge on any atom is -0.338 e. The first-order valence-electron chi connectivity index (χ1n) is 11.7. The molecule has 1 amide bonds. The molecule has 0 radical (unpaired) electrons. The molecule has 184 valence electrons. The zero-order valence-corrected chi connectivity index (χ0v) is 20.0. The molecule has 0 bridgehead atoms. The Morgan fingerprint density at radius 1 is 0.806 bits per heavy atom. The van der Waals surface area contributed by atoms with Crippen LogP contribution in [-0.4, -0.2) is 61.7 Å². The van der Waals surface area contributed by atoms with Gasteiger partial charge in [0.05, 0.1) is 0 Å². The van der Waals surface area contributed by atoms with Gasteiger partial charge in [-0.3, -0.25) is 4.79 Å². The standard InChI is InChI=1S/C26H25F2N7O/c1-17-15-18(2)30-26(29-17)34-13-11-33(12-14-34)23(36)16-35-25(20-5-9-22(28)10-6-20)31-24(32-35)19-3-7-21(27)8-4-19/h3-10,15H,11-14,16H2,1-2H3. The van der Waals surface area contributed by atoms with Gasteiger partial charge in [0.25, 0.3) is 0 Å². The molecule has 3 heterocycles. The molecule has 8 nitrogen and oxygen atoms in total. The largest absolute Gasteiger partial charge is 0.338 e. The van der Waals surface area contributed by atoms with Crippen molar-refractivity contribution in [1.82, 2.24) is 29.6 Å². The third-order valence-corrected chi connectivity index (χ3v) is 6.05. The molecule has 0 aliphatic carbocycles. The van der Waals surface area contributed by atoms with Crippen molar-refractivity contribution in [3.8, 4) is 22.8 Å². The Bertz CT molecular complexity index is 1360. The number of rotatable bonds is 5. The SMILES string of the molecule is Cc1cc(C)nc(N2CCN(C(=O)Cn3nc(-c4ccc(F)cc4)nc3-c3ccc(F)cc3)CC2)n1. The van der Waals surface area contributed by atoms with Crippen molar-refractivity contribution >= 4 is 11.9 Å². The Morgan fingerprint density at radius 2 is 1.36 bits per heavy atom. The smallest absolute Gasteiger partial charge is 0.244 e. The van der Waals surface area contributed by atoms with Crippen molar-refractivity contribution in [3.63, 3.8) is 0 Å². The van der Waals surface area contributed by atoms with Gasteiger partial charge < -0.3 is 9.80 Å². The lowest BCUT2D eigenvalue weighted by atomic mass is 10.2. The van der Waals surface area contributed by atoms with Gasteiger partial charge in [-0.15, -0.1) is 5.10 Å². The van der Waals surface area contributed by atoms with Crippen LogP contribution >= 0.6 is 0 Å². The lowest BCUT2D eigenvalue weighted by molar-refractivity contribution is -0.132. The third kappa shape index (κ3) is 5.07. The number of anilines is 1. The number of carbonyl (C=O) groups excluding carboxylic acids is 1. The van der Waals surface area contributed by atoms with Crippen LogP contribution in [0.5, 0.6) is 0 Å². The zero-order chi connectivity index (χ0) is 25.2. The van der Waals surface area contributed by atoms with Gasteiger partial charge in [-0.1, -0.05) is 0 Å². The summed E-state index contributed by atoms with van der Waals surface area (Å²) in [5.41, 5.74) is 3.06. The molecule has 1 fully saturated rings. The number of benzene rings is 2. The maximum absolute atomic E-state index is 13.5. The predicted molar refractivity (Wildman–Crippen MR) is 131 cm³/mol. The number of hydrogen-bond acceptors (Lipinski definition) is 6. The Morgan fingerprint density at radius 3 is 1.94 bits per heavy atom. The average molecular weight is 490 g/mol. The van der Waals surface area contributed by atoms with E-state index in [1.807, 2.05) is 19.9 Å². The summed E-state index contributed by atoms with van der Waals surface area (Å²) in [5.74, 6) is 0.639. The summed E-state index contributed by atoms with van der Waals surface area (Å²) in [4.78, 5) is 30.7. The van der Waals surface area contributed by atoms with Crippen molar-refractivity contribution in [1.29, 1.82) is 0 Å². The van der Waals surface area contributed by atoms with Crippen LogP contribution in [0.3, 0.4) is 0 Å². The van der Waals surface area contributed by atoms with E-state index in [2.05, 4.69) is 25.0 Å². The van der Waals surface area contributed by atoms with E-state index in [-0.39, 0.29) is 24.1 Å². The molecule has 1 aliphatic heterocycles. The number of aryl methyl sites for hydroxylation is 2. The molecule has 1 aliphatic rings. The van der Waals surface area contributed by atoms with Gasteiger partial charge in [0.2, 0.25) is 11.9 Å². The van der Waals surface area contributed by atoms with E-state index in [0.717, 1.165) is 11.4 Å². The maximum Gasteiger partial charge on any atom is 0.244 e. The Hall–Kier alpha value is -4.21. The maximum atomic E-state index is 13.5. The molecule has 2 aromatic heterocycles. The van der Waals surface area contributed by atoms with Crippen molar-refractivity contribution in [2.45, 2.75) is 20.4 Å². The third-order valence-electron chi connectivity index (χ3n) is 6.05. The number of aromatic nitrogens is 5. The van der Waals surface area contributed by atoms with E-state index in [9.17, 15) is 13.6 Å². The Labute approximate surface area is 207 Å². The molecule has 0 unspecified atom stereocenters. The first kappa shape index (κ1) is 23.5. The topological polar surface area (TPSA) is 80.0 Å². The minimum atomic E-state index is -0.370. The molecule has 1 saturated heterocycles. The highest BCUT2D eigenvalue weighted by Gasteiger charge is 2.25. The summed E-state index contributed by atoms with van der Waals surface area (Å²) in [5, 5.41) is 4.54. The molecule has 4 aromatic rings. The highest BCUT2D eigenvalue weighted by molar-refractivity contribution is 5.77. The van der Waals surface area contributed by atoms with E-state index < -0.39 is 0 Å². The summed E-state index contributed by atoms with van der Waals surface area (Å²) >= 11 is 0. The second-order valence-corrected chi connectivity index (χ2v) is 8.75. The van der Waals surface area contributed by atoms with E-state index in [1.165, 1.54) is 28.9 Å². The van der Waals surface area contributed by atoms with Crippen LogP contribution in [0.25, 0.3) is 22.8 Å². The fraction of sp³-hybridized carbons (Fsp3) is 0.269. The van der Waals surface area contributed by atoms with Crippen LogP contribution in [0.1, 0.15) is 11.4 Å². The van der Waals surface area contributed by atoms with Crippen molar-refractivity contribution in [2.24, 2.45) is 0 Å². The molecule has 0 saturated carbocycles. The Kier molecular flexibility index (Phi) is 6.41. The zero-order valence-electron chi connectivity index (χ0n) is 20.0. The highest BCUT2D eigenvalue weighted by Crippen LogP contribution is 2.23. The fourth-order valence-electron chi connectivity index (χ4n) is 4.22.